The minimum absolute atomic E-state index is 0.0655. The van der Waals surface area contributed by atoms with E-state index in [1.165, 1.54) is 30.9 Å². The highest BCUT2D eigenvalue weighted by Gasteiger charge is 2.40. The first kappa shape index (κ1) is 22.1. The van der Waals surface area contributed by atoms with Gasteiger partial charge in [-0.1, -0.05) is 36.4 Å². The summed E-state index contributed by atoms with van der Waals surface area (Å²) < 4.78 is 43.5. The van der Waals surface area contributed by atoms with E-state index in [0.717, 1.165) is 42.2 Å². The van der Waals surface area contributed by atoms with Crippen molar-refractivity contribution in [2.24, 2.45) is 0 Å². The molecule has 6 heteroatoms. The molecule has 1 aliphatic heterocycles. The molecule has 0 bridgehead atoms. The Bertz CT molecular complexity index is 919. The van der Waals surface area contributed by atoms with Crippen LogP contribution in [0.3, 0.4) is 0 Å². The molecule has 160 valence electrons. The molecule has 1 fully saturated rings. The largest absolute Gasteiger partial charge is 0.466 e. The van der Waals surface area contributed by atoms with Crippen LogP contribution < -0.4 is 0 Å². The molecule has 0 saturated carbocycles. The number of halogens is 3. The van der Waals surface area contributed by atoms with Gasteiger partial charge < -0.3 is 4.74 Å². The van der Waals surface area contributed by atoms with Gasteiger partial charge in [0.1, 0.15) is 0 Å². The predicted octanol–water partition coefficient (Wildman–Crippen LogP) is 5.66. The van der Waals surface area contributed by atoms with E-state index in [-0.39, 0.29) is 18.1 Å². The van der Waals surface area contributed by atoms with Crippen LogP contribution in [-0.4, -0.2) is 30.6 Å². The van der Waals surface area contributed by atoms with Gasteiger partial charge in [0.05, 0.1) is 12.7 Å². The highest BCUT2D eigenvalue weighted by atomic mass is 19.4. The topological polar surface area (TPSA) is 29.3 Å². The second-order valence-electron chi connectivity index (χ2n) is 7.77. The summed E-state index contributed by atoms with van der Waals surface area (Å²) in [5.41, 5.74) is 3.14. The number of benzene rings is 2. The van der Waals surface area contributed by atoms with E-state index in [0.29, 0.717) is 0 Å². The number of methoxy groups -OCH3 is 1. The summed E-state index contributed by atoms with van der Waals surface area (Å²) in [6.07, 6.45) is -1.04. The predicted molar refractivity (Wildman–Crippen MR) is 111 cm³/mol. The highest BCUT2D eigenvalue weighted by Crippen LogP contribution is 2.40. The summed E-state index contributed by atoms with van der Waals surface area (Å²) >= 11 is 0. The number of rotatable bonds is 7. The van der Waals surface area contributed by atoms with Gasteiger partial charge in [-0.05, 0) is 61.1 Å². The van der Waals surface area contributed by atoms with Crippen LogP contribution in [0.1, 0.15) is 48.6 Å². The normalized spacial score (nSPS) is 20.0. The number of esters is 1. The van der Waals surface area contributed by atoms with Gasteiger partial charge in [-0.2, -0.15) is 13.2 Å². The fourth-order valence-electron chi connectivity index (χ4n) is 3.65. The zero-order chi connectivity index (χ0) is 21.9. The van der Waals surface area contributed by atoms with Crippen LogP contribution in [0.5, 0.6) is 0 Å². The number of alkyl halides is 3. The second kappa shape index (κ2) is 9.04. The number of aryl methyl sites for hydroxylation is 1. The number of carbonyl (C=O) groups excluding carboxylic acids is 1. The Morgan fingerprint density at radius 2 is 1.93 bits per heavy atom. The number of allylic oxidation sites excluding steroid dienone is 1. The molecule has 30 heavy (non-hydrogen) atoms. The first-order valence-electron chi connectivity index (χ1n) is 9.97. The Kier molecular flexibility index (Phi) is 6.66. The van der Waals surface area contributed by atoms with Crippen LogP contribution >= 0.6 is 0 Å². The smallest absolute Gasteiger partial charge is 0.416 e. The molecule has 3 rings (SSSR count). The number of hydrogen-bond donors (Lipinski definition) is 0. The lowest BCUT2D eigenvalue weighted by atomic mass is 10.0. The standard InChI is InChI=1S/C24H26F3NO2/c1-16(13-23(29)30-3)19-11-9-18(10-12-19)8-7-17(2)28-15-22(28)20-5-4-6-21(14-20)24(25,26)27/h4-6,9-14,17,22H,7-8,15H2,1-3H3/t17-,22-,28?/m0/s1. The lowest BCUT2D eigenvalue weighted by Gasteiger charge is -2.15. The maximum Gasteiger partial charge on any atom is 0.416 e. The molecule has 0 amide bonds. The minimum Gasteiger partial charge on any atom is -0.466 e. The molecule has 1 unspecified atom stereocenters. The summed E-state index contributed by atoms with van der Waals surface area (Å²) in [4.78, 5) is 13.6. The SMILES string of the molecule is COC(=O)C=C(C)c1ccc(CC[C@H](C)N2C[C@H]2c2cccc(C(F)(F)F)c2)cc1. The number of hydrogen-bond acceptors (Lipinski definition) is 3. The van der Waals surface area contributed by atoms with E-state index in [1.807, 2.05) is 31.2 Å². The molecule has 1 heterocycles. The Morgan fingerprint density at radius 3 is 2.57 bits per heavy atom. The Balaban J connectivity index is 1.54. The summed E-state index contributed by atoms with van der Waals surface area (Å²) in [5.74, 6) is -0.376. The molecule has 2 aromatic rings. The van der Waals surface area contributed by atoms with Crippen LogP contribution in [0.2, 0.25) is 0 Å². The van der Waals surface area contributed by atoms with E-state index < -0.39 is 11.7 Å². The second-order valence-corrected chi connectivity index (χ2v) is 7.77. The summed E-state index contributed by atoms with van der Waals surface area (Å²) in [7, 11) is 1.35. The third-order valence-corrected chi connectivity index (χ3v) is 5.61. The van der Waals surface area contributed by atoms with Crippen molar-refractivity contribution in [1.82, 2.24) is 4.90 Å². The molecule has 0 aromatic heterocycles. The minimum atomic E-state index is -4.31. The maximum atomic E-state index is 12.9. The molecule has 0 aliphatic carbocycles. The highest BCUT2D eigenvalue weighted by molar-refractivity contribution is 5.90. The summed E-state index contributed by atoms with van der Waals surface area (Å²) in [6, 6.07) is 14.0. The lowest BCUT2D eigenvalue weighted by molar-refractivity contribution is -0.137. The summed E-state index contributed by atoms with van der Waals surface area (Å²) in [5, 5.41) is 0. The monoisotopic (exact) mass is 417 g/mol. The maximum absolute atomic E-state index is 12.9. The van der Waals surface area contributed by atoms with Gasteiger partial charge in [-0.25, -0.2) is 4.79 Å². The number of carbonyl (C=O) groups is 1. The fraction of sp³-hybridized carbons (Fsp3) is 0.375. The molecular weight excluding hydrogens is 391 g/mol. The van der Waals surface area contributed by atoms with E-state index in [1.54, 1.807) is 6.07 Å². The van der Waals surface area contributed by atoms with Gasteiger partial charge in [-0.3, -0.25) is 4.90 Å². The molecule has 0 N–H and O–H groups in total. The van der Waals surface area contributed by atoms with Gasteiger partial charge in [0, 0.05) is 24.7 Å². The molecule has 1 aliphatic rings. The first-order chi connectivity index (χ1) is 14.2. The van der Waals surface area contributed by atoms with Gasteiger partial charge in [0.2, 0.25) is 0 Å². The van der Waals surface area contributed by atoms with Crippen LogP contribution in [0.25, 0.3) is 5.57 Å². The summed E-state index contributed by atoms with van der Waals surface area (Å²) in [6.45, 7) is 4.77. The first-order valence-corrected chi connectivity index (χ1v) is 9.97. The van der Waals surface area contributed by atoms with E-state index in [2.05, 4.69) is 16.6 Å². The van der Waals surface area contributed by atoms with Crippen molar-refractivity contribution in [3.8, 4) is 0 Å². The molecular formula is C24H26F3NO2. The molecule has 3 nitrogen and oxygen atoms in total. The van der Waals surface area contributed by atoms with Crippen molar-refractivity contribution in [2.75, 3.05) is 13.7 Å². The molecule has 0 radical (unpaired) electrons. The third-order valence-electron chi connectivity index (χ3n) is 5.61. The van der Waals surface area contributed by atoms with Crippen molar-refractivity contribution in [2.45, 2.75) is 44.9 Å². The lowest BCUT2D eigenvalue weighted by Crippen LogP contribution is -2.16. The van der Waals surface area contributed by atoms with E-state index >= 15 is 0 Å². The van der Waals surface area contributed by atoms with Crippen LogP contribution in [0.4, 0.5) is 13.2 Å². The zero-order valence-electron chi connectivity index (χ0n) is 17.4. The van der Waals surface area contributed by atoms with Crippen LogP contribution in [0, 0.1) is 0 Å². The van der Waals surface area contributed by atoms with E-state index in [9.17, 15) is 18.0 Å². The number of ether oxygens (including phenoxy) is 1. The van der Waals surface area contributed by atoms with Crippen molar-refractivity contribution >= 4 is 11.5 Å². The molecule has 1 saturated heterocycles. The van der Waals surface area contributed by atoms with E-state index in [4.69, 9.17) is 0 Å². The Hall–Kier alpha value is -2.60. The fourth-order valence-corrected chi connectivity index (χ4v) is 3.65. The van der Waals surface area contributed by atoms with Crippen LogP contribution in [0.15, 0.2) is 54.6 Å². The van der Waals surface area contributed by atoms with Gasteiger partial charge in [0.15, 0.2) is 0 Å². The third kappa shape index (κ3) is 5.51. The average Bonchev–Trinajstić information content (AvgIpc) is 3.53. The van der Waals surface area contributed by atoms with Gasteiger partial charge in [0.25, 0.3) is 0 Å². The molecule has 2 aromatic carbocycles. The van der Waals surface area contributed by atoms with Crippen molar-refractivity contribution < 1.29 is 22.7 Å². The van der Waals surface area contributed by atoms with Crippen molar-refractivity contribution in [3.05, 3.63) is 76.9 Å². The zero-order valence-corrected chi connectivity index (χ0v) is 17.4. The quantitative estimate of drug-likeness (QED) is 0.331. The molecule has 3 atom stereocenters. The van der Waals surface area contributed by atoms with Crippen LogP contribution in [-0.2, 0) is 22.1 Å². The number of nitrogens with zero attached hydrogens (tertiary/aromatic N) is 1. The van der Waals surface area contributed by atoms with Gasteiger partial charge in [-0.15, -0.1) is 0 Å². The average molecular weight is 417 g/mol. The molecule has 0 spiro atoms. The Labute approximate surface area is 175 Å². The Morgan fingerprint density at radius 1 is 1.23 bits per heavy atom. The van der Waals surface area contributed by atoms with Gasteiger partial charge >= 0.3 is 12.1 Å². The van der Waals surface area contributed by atoms with Crippen molar-refractivity contribution in [1.29, 1.82) is 0 Å². The van der Waals surface area contributed by atoms with Crippen molar-refractivity contribution in [3.63, 3.8) is 0 Å².